The van der Waals surface area contributed by atoms with Gasteiger partial charge < -0.3 is 9.84 Å². The van der Waals surface area contributed by atoms with Crippen LogP contribution in [0.25, 0.3) is 5.69 Å². The largest absolute Gasteiger partial charge is 0.508 e. The Morgan fingerprint density at radius 1 is 1.33 bits per heavy atom. The zero-order valence-electron chi connectivity index (χ0n) is 8.64. The number of methoxy groups -OCH3 is 1. The van der Waals surface area contributed by atoms with E-state index in [1.165, 1.54) is 0 Å². The predicted molar refractivity (Wildman–Crippen MR) is 56.5 cm³/mol. The molecule has 78 valence electrons. The number of aromatic hydroxyl groups is 1. The van der Waals surface area contributed by atoms with E-state index >= 15 is 0 Å². The van der Waals surface area contributed by atoms with Crippen molar-refractivity contribution in [3.05, 3.63) is 36.2 Å². The maximum atomic E-state index is 9.47. The number of aromatic nitrogens is 2. The third-order valence-electron chi connectivity index (χ3n) is 2.09. The van der Waals surface area contributed by atoms with Gasteiger partial charge in [0, 0.05) is 24.4 Å². The standard InChI is InChI=1S/C11H12N2O2/c1-8-6-12-13(7-8)9-3-10(14)5-11(4-9)15-2/h3-7,14H,1-2H3. The summed E-state index contributed by atoms with van der Waals surface area (Å²) in [5.74, 6) is 0.774. The molecule has 0 aliphatic rings. The lowest BCUT2D eigenvalue weighted by atomic mass is 10.3. The first kappa shape index (κ1) is 9.58. The SMILES string of the molecule is COc1cc(O)cc(-n2cc(C)cn2)c1. The second kappa shape index (κ2) is 3.65. The predicted octanol–water partition coefficient (Wildman–Crippen LogP) is 1.89. The van der Waals surface area contributed by atoms with E-state index in [0.29, 0.717) is 5.75 Å². The fourth-order valence-electron chi connectivity index (χ4n) is 1.37. The molecule has 4 nitrogen and oxygen atoms in total. The van der Waals surface area contributed by atoms with Gasteiger partial charge in [0.05, 0.1) is 19.0 Å². The van der Waals surface area contributed by atoms with Gasteiger partial charge >= 0.3 is 0 Å². The van der Waals surface area contributed by atoms with Crippen LogP contribution in [0.2, 0.25) is 0 Å². The Balaban J connectivity index is 2.48. The second-order valence-corrected chi connectivity index (χ2v) is 3.35. The summed E-state index contributed by atoms with van der Waals surface area (Å²) in [5, 5.41) is 13.6. The molecular weight excluding hydrogens is 192 g/mol. The first-order valence-electron chi connectivity index (χ1n) is 4.59. The number of rotatable bonds is 2. The Morgan fingerprint density at radius 2 is 2.13 bits per heavy atom. The number of benzene rings is 1. The molecule has 2 rings (SSSR count). The molecule has 15 heavy (non-hydrogen) atoms. The number of ether oxygens (including phenoxy) is 1. The zero-order valence-corrected chi connectivity index (χ0v) is 8.64. The molecule has 0 amide bonds. The van der Waals surface area contributed by atoms with E-state index in [2.05, 4.69) is 5.10 Å². The molecule has 1 aromatic heterocycles. The summed E-state index contributed by atoms with van der Waals surface area (Å²) in [7, 11) is 1.56. The molecule has 0 bridgehead atoms. The van der Waals surface area contributed by atoms with Crippen LogP contribution in [0.3, 0.4) is 0 Å². The average Bonchev–Trinajstić information content (AvgIpc) is 2.64. The summed E-state index contributed by atoms with van der Waals surface area (Å²) in [6.07, 6.45) is 3.64. The molecule has 0 unspecified atom stereocenters. The van der Waals surface area contributed by atoms with E-state index in [1.807, 2.05) is 19.2 Å². The van der Waals surface area contributed by atoms with Crippen molar-refractivity contribution >= 4 is 0 Å². The Kier molecular flexibility index (Phi) is 2.33. The van der Waals surface area contributed by atoms with E-state index in [4.69, 9.17) is 4.74 Å². The van der Waals surface area contributed by atoms with E-state index in [1.54, 1.807) is 30.1 Å². The van der Waals surface area contributed by atoms with Crippen molar-refractivity contribution in [1.82, 2.24) is 9.78 Å². The van der Waals surface area contributed by atoms with Crippen LogP contribution in [0.5, 0.6) is 11.5 Å². The van der Waals surface area contributed by atoms with Gasteiger partial charge in [-0.15, -0.1) is 0 Å². The minimum atomic E-state index is 0.164. The first-order valence-corrected chi connectivity index (χ1v) is 4.59. The van der Waals surface area contributed by atoms with Crippen molar-refractivity contribution < 1.29 is 9.84 Å². The third kappa shape index (κ3) is 1.93. The highest BCUT2D eigenvalue weighted by molar-refractivity contribution is 5.45. The molecule has 0 saturated heterocycles. The van der Waals surface area contributed by atoms with E-state index in [9.17, 15) is 5.11 Å². The van der Waals surface area contributed by atoms with Crippen molar-refractivity contribution in [1.29, 1.82) is 0 Å². The Morgan fingerprint density at radius 3 is 2.73 bits per heavy atom. The number of hydrogen-bond acceptors (Lipinski definition) is 3. The van der Waals surface area contributed by atoms with Gasteiger partial charge in [-0.05, 0) is 12.5 Å². The van der Waals surface area contributed by atoms with E-state index in [-0.39, 0.29) is 5.75 Å². The maximum absolute atomic E-state index is 9.47. The normalized spacial score (nSPS) is 10.3. The van der Waals surface area contributed by atoms with Crippen LogP contribution in [0.4, 0.5) is 0 Å². The van der Waals surface area contributed by atoms with Gasteiger partial charge in [-0.3, -0.25) is 0 Å². The number of hydrogen-bond donors (Lipinski definition) is 1. The minimum Gasteiger partial charge on any atom is -0.508 e. The molecular formula is C11H12N2O2. The van der Waals surface area contributed by atoms with Gasteiger partial charge in [0.15, 0.2) is 0 Å². The highest BCUT2D eigenvalue weighted by atomic mass is 16.5. The van der Waals surface area contributed by atoms with E-state index in [0.717, 1.165) is 11.3 Å². The van der Waals surface area contributed by atoms with Crippen molar-refractivity contribution in [2.75, 3.05) is 7.11 Å². The van der Waals surface area contributed by atoms with Gasteiger partial charge in [0.25, 0.3) is 0 Å². The Hall–Kier alpha value is -1.97. The van der Waals surface area contributed by atoms with Crippen molar-refractivity contribution in [2.24, 2.45) is 0 Å². The lowest BCUT2D eigenvalue weighted by Crippen LogP contribution is -1.94. The molecule has 4 heteroatoms. The third-order valence-corrected chi connectivity index (χ3v) is 2.09. The monoisotopic (exact) mass is 204 g/mol. The molecule has 1 aromatic carbocycles. The number of phenols is 1. The Labute approximate surface area is 87.7 Å². The molecule has 0 atom stereocenters. The smallest absolute Gasteiger partial charge is 0.124 e. The van der Waals surface area contributed by atoms with Crippen LogP contribution < -0.4 is 4.74 Å². The number of nitrogens with zero attached hydrogens (tertiary/aromatic N) is 2. The Bertz CT molecular complexity index is 477. The summed E-state index contributed by atoms with van der Waals surface area (Å²) in [6, 6.07) is 5.00. The summed E-state index contributed by atoms with van der Waals surface area (Å²) < 4.78 is 6.75. The van der Waals surface area contributed by atoms with Crippen LogP contribution in [0, 0.1) is 6.92 Å². The quantitative estimate of drug-likeness (QED) is 0.812. The van der Waals surface area contributed by atoms with Gasteiger partial charge in [0.2, 0.25) is 0 Å². The van der Waals surface area contributed by atoms with Gasteiger partial charge in [-0.25, -0.2) is 4.68 Å². The molecule has 0 aliphatic heterocycles. The molecule has 0 saturated carbocycles. The lowest BCUT2D eigenvalue weighted by molar-refractivity contribution is 0.407. The number of aryl methyl sites for hydroxylation is 1. The summed E-state index contributed by atoms with van der Waals surface area (Å²) >= 11 is 0. The van der Waals surface area contributed by atoms with Crippen LogP contribution >= 0.6 is 0 Å². The molecule has 0 aliphatic carbocycles. The molecule has 1 N–H and O–H groups in total. The van der Waals surface area contributed by atoms with Crippen LogP contribution in [0.15, 0.2) is 30.6 Å². The first-order chi connectivity index (χ1) is 7.19. The van der Waals surface area contributed by atoms with E-state index < -0.39 is 0 Å². The molecule has 1 heterocycles. The van der Waals surface area contributed by atoms with Crippen LogP contribution in [-0.2, 0) is 0 Å². The van der Waals surface area contributed by atoms with Crippen LogP contribution in [-0.4, -0.2) is 22.0 Å². The molecule has 2 aromatic rings. The highest BCUT2D eigenvalue weighted by Crippen LogP contribution is 2.23. The fourth-order valence-corrected chi connectivity index (χ4v) is 1.37. The van der Waals surface area contributed by atoms with Gasteiger partial charge in [0.1, 0.15) is 11.5 Å². The van der Waals surface area contributed by atoms with Crippen molar-refractivity contribution in [3.8, 4) is 17.2 Å². The maximum Gasteiger partial charge on any atom is 0.124 e. The fraction of sp³-hybridized carbons (Fsp3) is 0.182. The second-order valence-electron chi connectivity index (χ2n) is 3.35. The molecule has 0 radical (unpaired) electrons. The topological polar surface area (TPSA) is 47.3 Å². The summed E-state index contributed by atoms with van der Waals surface area (Å²) in [6.45, 7) is 1.96. The highest BCUT2D eigenvalue weighted by Gasteiger charge is 2.03. The summed E-state index contributed by atoms with van der Waals surface area (Å²) in [5.41, 5.74) is 1.84. The van der Waals surface area contributed by atoms with Crippen molar-refractivity contribution in [3.63, 3.8) is 0 Å². The molecule has 0 fully saturated rings. The zero-order chi connectivity index (χ0) is 10.8. The van der Waals surface area contributed by atoms with Gasteiger partial charge in [-0.1, -0.05) is 0 Å². The lowest BCUT2D eigenvalue weighted by Gasteiger charge is -2.05. The number of phenolic OH excluding ortho intramolecular Hbond substituents is 1. The van der Waals surface area contributed by atoms with Gasteiger partial charge in [-0.2, -0.15) is 5.10 Å². The van der Waals surface area contributed by atoms with Crippen LogP contribution in [0.1, 0.15) is 5.56 Å². The van der Waals surface area contributed by atoms with Crippen molar-refractivity contribution in [2.45, 2.75) is 6.92 Å². The molecule has 0 spiro atoms. The summed E-state index contributed by atoms with van der Waals surface area (Å²) in [4.78, 5) is 0. The average molecular weight is 204 g/mol. The minimum absolute atomic E-state index is 0.164.